The molecule has 35 heavy (non-hydrogen) atoms. The number of rotatable bonds is 11. The summed E-state index contributed by atoms with van der Waals surface area (Å²) in [5.74, 6) is -1.98. The first-order valence-corrected chi connectivity index (χ1v) is 13.3. The summed E-state index contributed by atoms with van der Waals surface area (Å²) < 4.78 is 0. The summed E-state index contributed by atoms with van der Waals surface area (Å²) in [6, 6.07) is 17.6. The number of benzene rings is 2. The molecule has 2 fully saturated rings. The molecule has 2 aromatic rings. The summed E-state index contributed by atoms with van der Waals surface area (Å²) in [4.78, 5) is 31.5. The molecule has 0 aromatic heterocycles. The molecule has 0 saturated carbocycles. The highest BCUT2D eigenvalue weighted by Crippen LogP contribution is 2.35. The van der Waals surface area contributed by atoms with Crippen molar-refractivity contribution < 1.29 is 9.59 Å². The van der Waals surface area contributed by atoms with Crippen LogP contribution in [0.1, 0.15) is 60.6 Å². The van der Waals surface area contributed by atoms with Gasteiger partial charge in [0.2, 0.25) is 11.8 Å². The first-order chi connectivity index (χ1) is 17.1. The lowest BCUT2D eigenvalue weighted by molar-refractivity contribution is -0.128. The quantitative estimate of drug-likeness (QED) is 0.522. The molecular formula is C29H40N4O2. The predicted molar refractivity (Wildman–Crippen MR) is 140 cm³/mol. The van der Waals surface area contributed by atoms with Crippen LogP contribution < -0.4 is 11.1 Å². The molecule has 188 valence electrons. The average Bonchev–Trinajstić information content (AvgIpc) is 3.41. The maximum atomic E-state index is 13.8. The van der Waals surface area contributed by atoms with Crippen LogP contribution in [0.25, 0.3) is 0 Å². The van der Waals surface area contributed by atoms with Gasteiger partial charge in [0, 0.05) is 19.6 Å². The van der Waals surface area contributed by atoms with Gasteiger partial charge in [0.05, 0.1) is 11.8 Å². The van der Waals surface area contributed by atoms with E-state index in [0.717, 1.165) is 62.4 Å². The summed E-state index contributed by atoms with van der Waals surface area (Å²) in [6.07, 6.45) is 7.09. The first kappa shape index (κ1) is 25.4. The van der Waals surface area contributed by atoms with Gasteiger partial charge < -0.3 is 20.9 Å². The summed E-state index contributed by atoms with van der Waals surface area (Å²) in [7, 11) is 0. The zero-order chi connectivity index (χ0) is 24.5. The van der Waals surface area contributed by atoms with E-state index < -0.39 is 17.7 Å². The van der Waals surface area contributed by atoms with E-state index in [1.807, 2.05) is 48.5 Å². The molecule has 0 radical (unpaired) electrons. The van der Waals surface area contributed by atoms with Gasteiger partial charge in [0.1, 0.15) is 0 Å². The van der Waals surface area contributed by atoms with E-state index in [-0.39, 0.29) is 5.91 Å². The second-order valence-corrected chi connectivity index (χ2v) is 9.96. The smallest absolute Gasteiger partial charge is 0.228 e. The van der Waals surface area contributed by atoms with Crippen molar-refractivity contribution in [3.63, 3.8) is 0 Å². The Morgan fingerprint density at radius 3 is 2.06 bits per heavy atom. The number of likely N-dealkylation sites (tertiary alicyclic amines) is 2. The van der Waals surface area contributed by atoms with E-state index in [1.165, 1.54) is 32.1 Å². The predicted octanol–water partition coefficient (Wildman–Crippen LogP) is 3.28. The van der Waals surface area contributed by atoms with Crippen molar-refractivity contribution in [2.75, 3.05) is 45.8 Å². The fourth-order valence-corrected chi connectivity index (χ4v) is 5.63. The Hall–Kier alpha value is -2.70. The van der Waals surface area contributed by atoms with Gasteiger partial charge in [0.15, 0.2) is 0 Å². The molecule has 0 aliphatic carbocycles. The highest BCUT2D eigenvalue weighted by molar-refractivity contribution is 5.94. The summed E-state index contributed by atoms with van der Waals surface area (Å²) >= 11 is 0. The highest BCUT2D eigenvalue weighted by atomic mass is 16.2. The fraction of sp³-hybridized carbons (Fsp3) is 0.517. The molecule has 0 spiro atoms. The lowest BCUT2D eigenvalue weighted by Crippen LogP contribution is -2.42. The molecule has 2 aliphatic rings. The topological polar surface area (TPSA) is 78.7 Å². The van der Waals surface area contributed by atoms with Crippen molar-refractivity contribution in [2.45, 2.75) is 50.4 Å². The van der Waals surface area contributed by atoms with Gasteiger partial charge in [-0.05, 0) is 75.0 Å². The van der Waals surface area contributed by atoms with Gasteiger partial charge in [-0.2, -0.15) is 0 Å². The number of piperidine rings is 1. The minimum atomic E-state index is -0.723. The number of hydrogen-bond donors (Lipinski definition) is 2. The van der Waals surface area contributed by atoms with Crippen molar-refractivity contribution in [2.24, 2.45) is 5.73 Å². The highest BCUT2D eigenvalue weighted by Gasteiger charge is 2.36. The molecule has 2 aliphatic heterocycles. The Bertz CT molecular complexity index is 952. The number of nitrogens with zero attached hydrogens (tertiary/aromatic N) is 2. The number of amides is 2. The van der Waals surface area contributed by atoms with Crippen molar-refractivity contribution in [3.8, 4) is 0 Å². The number of carbonyl (C=O) groups excluding carboxylic acids is 2. The Morgan fingerprint density at radius 2 is 1.37 bits per heavy atom. The Morgan fingerprint density at radius 1 is 0.771 bits per heavy atom. The summed E-state index contributed by atoms with van der Waals surface area (Å²) in [5, 5.41) is 3.16. The van der Waals surface area contributed by atoms with Crippen LogP contribution in [0.3, 0.4) is 0 Å². The van der Waals surface area contributed by atoms with E-state index in [9.17, 15) is 9.59 Å². The molecule has 2 unspecified atom stereocenters. The van der Waals surface area contributed by atoms with Crippen LogP contribution in [0.4, 0.5) is 0 Å². The second kappa shape index (κ2) is 12.8. The standard InChI is InChI=1S/C29H40N4O2/c30-28(34)26(24-12-3-1-4-13-24)27(29(35)31-16-22-33-17-7-2-8-18-33)25-14-6-5-11-23(25)15-21-32-19-9-10-20-32/h1,3-6,11-14,26-27H,2,7-10,15-22H2,(H2,30,34)(H,31,35). The van der Waals surface area contributed by atoms with Crippen LogP contribution in [0.2, 0.25) is 0 Å². The van der Waals surface area contributed by atoms with Crippen LogP contribution in [0.5, 0.6) is 0 Å². The molecule has 0 bridgehead atoms. The van der Waals surface area contributed by atoms with Crippen LogP contribution in [-0.2, 0) is 16.0 Å². The van der Waals surface area contributed by atoms with Gasteiger partial charge in [-0.3, -0.25) is 9.59 Å². The minimum absolute atomic E-state index is 0.122. The van der Waals surface area contributed by atoms with Crippen LogP contribution >= 0.6 is 0 Å². The average molecular weight is 477 g/mol. The molecule has 6 nitrogen and oxygen atoms in total. The van der Waals surface area contributed by atoms with E-state index in [1.54, 1.807) is 0 Å². The molecule has 2 saturated heterocycles. The number of nitrogens with one attached hydrogen (secondary N) is 1. The third-order valence-electron chi connectivity index (χ3n) is 7.54. The SMILES string of the molecule is NC(=O)C(c1ccccc1)C(C(=O)NCCN1CCCCC1)c1ccccc1CCN1CCCC1. The number of hydrogen-bond acceptors (Lipinski definition) is 4. The second-order valence-electron chi connectivity index (χ2n) is 9.96. The molecule has 2 aromatic carbocycles. The molecule has 6 heteroatoms. The maximum absolute atomic E-state index is 13.8. The Kier molecular flexibility index (Phi) is 9.32. The molecule has 2 amide bonds. The van der Waals surface area contributed by atoms with Gasteiger partial charge in [-0.15, -0.1) is 0 Å². The largest absolute Gasteiger partial charge is 0.369 e. The molecule has 2 atom stereocenters. The van der Waals surface area contributed by atoms with Crippen LogP contribution in [0.15, 0.2) is 54.6 Å². The molecular weight excluding hydrogens is 436 g/mol. The Labute approximate surface area is 209 Å². The Balaban J connectivity index is 1.58. The van der Waals surface area contributed by atoms with Crippen molar-refractivity contribution >= 4 is 11.8 Å². The minimum Gasteiger partial charge on any atom is -0.369 e. The van der Waals surface area contributed by atoms with Gasteiger partial charge in [-0.1, -0.05) is 61.0 Å². The third-order valence-corrected chi connectivity index (χ3v) is 7.54. The van der Waals surface area contributed by atoms with Gasteiger partial charge in [-0.25, -0.2) is 0 Å². The molecule has 2 heterocycles. The van der Waals surface area contributed by atoms with Crippen molar-refractivity contribution in [1.82, 2.24) is 15.1 Å². The van der Waals surface area contributed by atoms with E-state index in [2.05, 4.69) is 21.2 Å². The first-order valence-electron chi connectivity index (χ1n) is 13.3. The van der Waals surface area contributed by atoms with Crippen LogP contribution in [0, 0.1) is 0 Å². The van der Waals surface area contributed by atoms with E-state index in [4.69, 9.17) is 5.73 Å². The summed E-state index contributed by atoms with van der Waals surface area (Å²) in [6.45, 7) is 6.83. The lowest BCUT2D eigenvalue weighted by atomic mass is 9.78. The number of nitrogens with two attached hydrogens (primary N) is 1. The fourth-order valence-electron chi connectivity index (χ4n) is 5.63. The van der Waals surface area contributed by atoms with Crippen molar-refractivity contribution in [1.29, 1.82) is 0 Å². The summed E-state index contributed by atoms with van der Waals surface area (Å²) in [5.41, 5.74) is 8.80. The lowest BCUT2D eigenvalue weighted by Gasteiger charge is -2.29. The van der Waals surface area contributed by atoms with Crippen molar-refractivity contribution in [3.05, 3.63) is 71.3 Å². The molecule has 3 N–H and O–H groups in total. The third kappa shape index (κ3) is 6.92. The van der Waals surface area contributed by atoms with Gasteiger partial charge >= 0.3 is 0 Å². The van der Waals surface area contributed by atoms with Gasteiger partial charge in [0.25, 0.3) is 0 Å². The van der Waals surface area contributed by atoms with Crippen LogP contribution in [-0.4, -0.2) is 67.4 Å². The normalized spacial score (nSPS) is 18.7. The molecule has 4 rings (SSSR count). The maximum Gasteiger partial charge on any atom is 0.228 e. The van der Waals surface area contributed by atoms with E-state index in [0.29, 0.717) is 6.54 Å². The zero-order valence-corrected chi connectivity index (χ0v) is 20.8. The number of carbonyl (C=O) groups is 2. The monoisotopic (exact) mass is 476 g/mol. The zero-order valence-electron chi connectivity index (χ0n) is 20.8. The van der Waals surface area contributed by atoms with E-state index >= 15 is 0 Å². The number of primary amides is 1.